The molecule has 0 N–H and O–H groups in total. The molecule has 0 rings (SSSR count). The van der Waals surface area contributed by atoms with Crippen molar-refractivity contribution in [2.24, 2.45) is 0 Å². The lowest BCUT2D eigenvalue weighted by molar-refractivity contribution is 0.815. The van der Waals surface area contributed by atoms with Gasteiger partial charge in [-0.3, -0.25) is 0 Å². The quantitative estimate of drug-likeness (QED) is 0.402. The molecule has 0 aliphatic rings. The highest BCUT2D eigenvalue weighted by molar-refractivity contribution is 5.06. The van der Waals surface area contributed by atoms with Crippen LogP contribution in [0.2, 0.25) is 0 Å². The summed E-state index contributed by atoms with van der Waals surface area (Å²) in [6.45, 7) is 4.24. The summed E-state index contributed by atoms with van der Waals surface area (Å²) < 4.78 is 0. The number of unbranched alkanes of at least 4 members (excludes halogenated alkanes) is 2. The van der Waals surface area contributed by atoms with E-state index >= 15 is 0 Å². The summed E-state index contributed by atoms with van der Waals surface area (Å²) in [6, 6.07) is 0. The fourth-order valence-corrected chi connectivity index (χ4v) is 0.672. The molecule has 0 aliphatic carbocycles. The highest BCUT2D eigenvalue weighted by atomic mass is 13.8. The van der Waals surface area contributed by atoms with Crippen LogP contribution in [-0.2, 0) is 0 Å². The summed E-state index contributed by atoms with van der Waals surface area (Å²) >= 11 is 0. The lowest BCUT2D eigenvalue weighted by Crippen LogP contribution is -1.64. The van der Waals surface area contributed by atoms with E-state index in [1.807, 2.05) is 19.4 Å². The van der Waals surface area contributed by atoms with Gasteiger partial charge in [-0.15, -0.1) is 0 Å². The van der Waals surface area contributed by atoms with Gasteiger partial charge >= 0.3 is 0 Å². The number of rotatable bonds is 5. The van der Waals surface area contributed by atoms with Crippen LogP contribution in [-0.4, -0.2) is 0 Å². The van der Waals surface area contributed by atoms with Crippen LogP contribution in [0.15, 0.2) is 24.3 Å². The van der Waals surface area contributed by atoms with Crippen LogP contribution < -0.4 is 0 Å². The zero-order valence-corrected chi connectivity index (χ0v) is 7.01. The molecule has 0 saturated heterocycles. The van der Waals surface area contributed by atoms with Crippen LogP contribution in [0.25, 0.3) is 0 Å². The van der Waals surface area contributed by atoms with E-state index in [4.69, 9.17) is 0 Å². The van der Waals surface area contributed by atoms with Crippen LogP contribution in [0, 0.1) is 6.42 Å². The first-order chi connectivity index (χ1) is 4.91. The minimum Gasteiger partial charge on any atom is -0.0845 e. The normalized spacial score (nSPS) is 11.8. The van der Waals surface area contributed by atoms with E-state index in [0.29, 0.717) is 0 Å². The van der Waals surface area contributed by atoms with Gasteiger partial charge in [-0.1, -0.05) is 51.0 Å². The lowest BCUT2D eigenvalue weighted by Gasteiger charge is -1.85. The first-order valence-electron chi connectivity index (χ1n) is 4.03. The van der Waals surface area contributed by atoms with Gasteiger partial charge in [-0.25, -0.2) is 0 Å². The van der Waals surface area contributed by atoms with Gasteiger partial charge in [-0.05, 0) is 12.8 Å². The van der Waals surface area contributed by atoms with Crippen LogP contribution in [0.5, 0.6) is 0 Å². The highest BCUT2D eigenvalue weighted by Crippen LogP contribution is 1.94. The van der Waals surface area contributed by atoms with Crippen molar-refractivity contribution >= 4 is 0 Å². The molecule has 0 aromatic heterocycles. The van der Waals surface area contributed by atoms with Crippen molar-refractivity contribution in [1.29, 1.82) is 0 Å². The molecule has 0 nitrogen and oxygen atoms in total. The Morgan fingerprint density at radius 2 is 1.90 bits per heavy atom. The predicted molar refractivity (Wildman–Crippen MR) is 47.8 cm³/mol. The maximum absolute atomic E-state index is 2.21. The Kier molecular flexibility index (Phi) is 8.04. The van der Waals surface area contributed by atoms with Gasteiger partial charge in [0.25, 0.3) is 0 Å². The van der Waals surface area contributed by atoms with E-state index in [9.17, 15) is 0 Å². The van der Waals surface area contributed by atoms with E-state index in [1.165, 1.54) is 19.3 Å². The van der Waals surface area contributed by atoms with Gasteiger partial charge in [0, 0.05) is 0 Å². The molecule has 10 heavy (non-hydrogen) atoms. The van der Waals surface area contributed by atoms with Gasteiger partial charge in [-0.2, -0.15) is 0 Å². The van der Waals surface area contributed by atoms with E-state index in [0.717, 1.165) is 0 Å². The molecule has 0 heteroatoms. The van der Waals surface area contributed by atoms with Crippen LogP contribution >= 0.6 is 0 Å². The van der Waals surface area contributed by atoms with Gasteiger partial charge in [0.2, 0.25) is 0 Å². The third-order valence-electron chi connectivity index (χ3n) is 1.28. The molecule has 1 radical (unpaired) electrons. The topological polar surface area (TPSA) is 0 Å². The standard InChI is InChI=1S/C10H17/c1-3-5-7-9-10-8-6-4-2/h3,5,7,9-10H,4,6,8H2,1-2H3/b7-5+,10-9+. The first-order valence-corrected chi connectivity index (χ1v) is 4.03. The smallest absolute Gasteiger partial charge is 0.0198 e. The monoisotopic (exact) mass is 137 g/mol. The van der Waals surface area contributed by atoms with E-state index in [-0.39, 0.29) is 0 Å². The molecule has 0 spiro atoms. The van der Waals surface area contributed by atoms with Crippen LogP contribution in [0.4, 0.5) is 0 Å². The second kappa shape index (κ2) is 8.48. The number of allylic oxidation sites excluding steroid dienone is 4. The predicted octanol–water partition coefficient (Wildman–Crippen LogP) is 3.51. The Balaban J connectivity index is 3.11. The zero-order valence-electron chi connectivity index (χ0n) is 7.01. The fraction of sp³-hybridized carbons (Fsp3) is 0.500. The Bertz CT molecular complexity index is 98.6. The van der Waals surface area contributed by atoms with Crippen LogP contribution in [0.3, 0.4) is 0 Å². The average Bonchev–Trinajstić information content (AvgIpc) is 1.97. The van der Waals surface area contributed by atoms with Crippen molar-refractivity contribution in [1.82, 2.24) is 0 Å². The molecule has 0 aromatic rings. The summed E-state index contributed by atoms with van der Waals surface area (Å²) in [5.74, 6) is 0. The van der Waals surface area contributed by atoms with Crippen molar-refractivity contribution in [3.8, 4) is 0 Å². The fourth-order valence-electron chi connectivity index (χ4n) is 0.672. The van der Waals surface area contributed by atoms with Crippen molar-refractivity contribution in [2.45, 2.75) is 33.1 Å². The average molecular weight is 137 g/mol. The molecule has 57 valence electrons. The highest BCUT2D eigenvalue weighted by Gasteiger charge is 1.74. The molecular formula is C10H17. The number of hydrogen-bond donors (Lipinski definition) is 0. The Morgan fingerprint density at radius 3 is 2.50 bits per heavy atom. The molecule has 0 saturated carbocycles. The Hall–Kier alpha value is -0.520. The Morgan fingerprint density at radius 1 is 1.10 bits per heavy atom. The minimum atomic E-state index is 1.21. The van der Waals surface area contributed by atoms with Crippen LogP contribution in [0.1, 0.15) is 33.1 Å². The number of hydrogen-bond acceptors (Lipinski definition) is 0. The molecule has 0 atom stereocenters. The molecular weight excluding hydrogens is 120 g/mol. The third kappa shape index (κ3) is 7.48. The second-order valence-electron chi connectivity index (χ2n) is 2.29. The molecule has 0 aliphatic heterocycles. The third-order valence-corrected chi connectivity index (χ3v) is 1.28. The summed E-state index contributed by atoms with van der Waals surface area (Å²) in [4.78, 5) is 0. The SMILES string of the molecule is C[CH]/C=C/C=C/CCCC. The van der Waals surface area contributed by atoms with Gasteiger partial charge in [0.05, 0.1) is 0 Å². The van der Waals surface area contributed by atoms with Crippen molar-refractivity contribution < 1.29 is 0 Å². The molecule has 0 unspecified atom stereocenters. The largest absolute Gasteiger partial charge is 0.0845 e. The molecule has 0 fully saturated rings. The summed E-state index contributed by atoms with van der Waals surface area (Å²) in [5.41, 5.74) is 0. The first kappa shape index (κ1) is 9.48. The second-order valence-corrected chi connectivity index (χ2v) is 2.29. The van der Waals surface area contributed by atoms with Gasteiger partial charge in [0.1, 0.15) is 0 Å². The van der Waals surface area contributed by atoms with Crippen molar-refractivity contribution in [2.75, 3.05) is 0 Å². The van der Waals surface area contributed by atoms with Crippen molar-refractivity contribution in [3.05, 3.63) is 30.7 Å². The van der Waals surface area contributed by atoms with E-state index in [1.54, 1.807) is 0 Å². The molecule has 0 aromatic carbocycles. The summed E-state index contributed by atoms with van der Waals surface area (Å²) in [7, 11) is 0. The summed E-state index contributed by atoms with van der Waals surface area (Å²) in [6.07, 6.45) is 14.3. The van der Waals surface area contributed by atoms with E-state index < -0.39 is 0 Å². The van der Waals surface area contributed by atoms with Crippen molar-refractivity contribution in [3.63, 3.8) is 0 Å². The lowest BCUT2D eigenvalue weighted by atomic mass is 10.2. The Labute approximate surface area is 64.6 Å². The van der Waals surface area contributed by atoms with E-state index in [2.05, 4.69) is 25.2 Å². The van der Waals surface area contributed by atoms with Gasteiger partial charge in [0.15, 0.2) is 0 Å². The maximum atomic E-state index is 2.21. The summed E-state index contributed by atoms with van der Waals surface area (Å²) in [5, 5.41) is 0. The maximum Gasteiger partial charge on any atom is -0.0198 e. The molecule has 0 amide bonds. The minimum absolute atomic E-state index is 1.21. The van der Waals surface area contributed by atoms with Gasteiger partial charge < -0.3 is 0 Å². The molecule has 0 heterocycles. The molecule has 0 bridgehead atoms. The zero-order chi connectivity index (χ0) is 7.66.